The van der Waals surface area contributed by atoms with Crippen LogP contribution in [0.5, 0.6) is 5.75 Å². The molecule has 2 amide bonds. The van der Waals surface area contributed by atoms with Gasteiger partial charge in [-0.1, -0.05) is 44.4 Å². The van der Waals surface area contributed by atoms with Gasteiger partial charge in [-0.2, -0.15) is 0 Å². The SMILES string of the molecule is CCCCCCOc1ccccc1C(=O)NC(=S)Nc1cccc(C(=O)N2CCCC2)c1. The van der Waals surface area contributed by atoms with E-state index in [2.05, 4.69) is 17.6 Å². The number of amides is 2. The molecular weight excluding hydrogens is 422 g/mol. The number of para-hydroxylation sites is 1. The first kappa shape index (κ1) is 23.7. The first-order chi connectivity index (χ1) is 15.6. The molecule has 170 valence electrons. The molecule has 0 unspecified atom stereocenters. The van der Waals surface area contributed by atoms with Crippen LogP contribution in [0.2, 0.25) is 0 Å². The Morgan fingerprint density at radius 2 is 1.81 bits per heavy atom. The van der Waals surface area contributed by atoms with Crippen LogP contribution in [-0.4, -0.2) is 41.5 Å². The number of hydrogen-bond acceptors (Lipinski definition) is 4. The number of carbonyl (C=O) groups is 2. The summed E-state index contributed by atoms with van der Waals surface area (Å²) >= 11 is 5.33. The largest absolute Gasteiger partial charge is 0.493 e. The van der Waals surface area contributed by atoms with E-state index >= 15 is 0 Å². The fourth-order valence-corrected chi connectivity index (χ4v) is 3.87. The van der Waals surface area contributed by atoms with Gasteiger partial charge in [-0.15, -0.1) is 0 Å². The minimum Gasteiger partial charge on any atom is -0.493 e. The summed E-state index contributed by atoms with van der Waals surface area (Å²) in [5.74, 6) is 0.226. The Balaban J connectivity index is 1.57. The molecule has 0 spiro atoms. The van der Waals surface area contributed by atoms with Gasteiger partial charge in [0.2, 0.25) is 0 Å². The molecular formula is C25H31N3O3S. The topological polar surface area (TPSA) is 70.7 Å². The van der Waals surface area contributed by atoms with E-state index in [0.29, 0.717) is 29.2 Å². The van der Waals surface area contributed by atoms with E-state index in [4.69, 9.17) is 17.0 Å². The molecule has 0 aliphatic carbocycles. The molecule has 6 nitrogen and oxygen atoms in total. The number of likely N-dealkylation sites (tertiary alicyclic amines) is 1. The van der Waals surface area contributed by atoms with Crippen molar-refractivity contribution in [2.24, 2.45) is 0 Å². The van der Waals surface area contributed by atoms with Crippen LogP contribution in [0.3, 0.4) is 0 Å². The predicted octanol–water partition coefficient (Wildman–Crippen LogP) is 5.01. The van der Waals surface area contributed by atoms with Crippen molar-refractivity contribution in [2.45, 2.75) is 45.4 Å². The normalized spacial score (nSPS) is 13.0. The number of unbranched alkanes of at least 4 members (excludes halogenated alkanes) is 3. The van der Waals surface area contributed by atoms with Crippen molar-refractivity contribution in [2.75, 3.05) is 25.0 Å². The van der Waals surface area contributed by atoms with Gasteiger partial charge in [-0.3, -0.25) is 14.9 Å². The molecule has 32 heavy (non-hydrogen) atoms. The Labute approximate surface area is 195 Å². The third kappa shape index (κ3) is 6.79. The average Bonchev–Trinajstić information content (AvgIpc) is 3.34. The summed E-state index contributed by atoms with van der Waals surface area (Å²) in [6.07, 6.45) is 6.50. The van der Waals surface area contributed by atoms with E-state index in [0.717, 1.165) is 38.8 Å². The van der Waals surface area contributed by atoms with Crippen LogP contribution >= 0.6 is 12.2 Å². The lowest BCUT2D eigenvalue weighted by Gasteiger charge is -2.16. The highest BCUT2D eigenvalue weighted by molar-refractivity contribution is 7.80. The van der Waals surface area contributed by atoms with Gasteiger partial charge in [0.05, 0.1) is 12.2 Å². The minimum absolute atomic E-state index is 0.0196. The molecule has 2 aromatic carbocycles. The Hall–Kier alpha value is -2.93. The smallest absolute Gasteiger partial charge is 0.261 e. The van der Waals surface area contributed by atoms with Crippen LogP contribution < -0.4 is 15.4 Å². The number of benzene rings is 2. The third-order valence-electron chi connectivity index (χ3n) is 5.37. The zero-order valence-corrected chi connectivity index (χ0v) is 19.4. The van der Waals surface area contributed by atoms with Crippen LogP contribution in [0.1, 0.15) is 66.2 Å². The quantitative estimate of drug-likeness (QED) is 0.413. The van der Waals surface area contributed by atoms with Crippen LogP contribution in [0.15, 0.2) is 48.5 Å². The number of thiocarbonyl (C=S) groups is 1. The number of anilines is 1. The van der Waals surface area contributed by atoms with Crippen LogP contribution in [-0.2, 0) is 0 Å². The highest BCUT2D eigenvalue weighted by Crippen LogP contribution is 2.19. The first-order valence-electron chi connectivity index (χ1n) is 11.3. The highest BCUT2D eigenvalue weighted by atomic mass is 32.1. The maximum atomic E-state index is 12.8. The molecule has 3 rings (SSSR count). The number of rotatable bonds is 9. The Morgan fingerprint density at radius 1 is 1.03 bits per heavy atom. The van der Waals surface area contributed by atoms with Crippen LogP contribution in [0.4, 0.5) is 5.69 Å². The van der Waals surface area contributed by atoms with Gasteiger partial charge in [0.1, 0.15) is 5.75 Å². The third-order valence-corrected chi connectivity index (χ3v) is 5.58. The minimum atomic E-state index is -0.337. The lowest BCUT2D eigenvalue weighted by atomic mass is 10.1. The van der Waals surface area contributed by atoms with E-state index < -0.39 is 0 Å². The van der Waals surface area contributed by atoms with Crippen molar-refractivity contribution >= 4 is 34.8 Å². The second-order valence-electron chi connectivity index (χ2n) is 7.89. The molecule has 1 saturated heterocycles. The molecule has 1 heterocycles. The summed E-state index contributed by atoms with van der Waals surface area (Å²) in [7, 11) is 0. The molecule has 0 radical (unpaired) electrons. The van der Waals surface area contributed by atoms with Gasteiger partial charge < -0.3 is 15.0 Å². The monoisotopic (exact) mass is 453 g/mol. The second-order valence-corrected chi connectivity index (χ2v) is 8.30. The van der Waals surface area contributed by atoms with Gasteiger partial charge >= 0.3 is 0 Å². The molecule has 0 atom stereocenters. The summed E-state index contributed by atoms with van der Waals surface area (Å²) in [6, 6.07) is 14.3. The van der Waals surface area contributed by atoms with E-state index in [9.17, 15) is 9.59 Å². The molecule has 2 aromatic rings. The van der Waals surface area contributed by atoms with Crippen molar-refractivity contribution in [3.8, 4) is 5.75 Å². The van der Waals surface area contributed by atoms with Gasteiger partial charge in [0.25, 0.3) is 11.8 Å². The molecule has 0 aromatic heterocycles. The number of nitrogens with one attached hydrogen (secondary N) is 2. The summed E-state index contributed by atoms with van der Waals surface area (Å²) in [5, 5.41) is 5.87. The maximum Gasteiger partial charge on any atom is 0.261 e. The average molecular weight is 454 g/mol. The fraction of sp³-hybridized carbons (Fsp3) is 0.400. The summed E-state index contributed by atoms with van der Waals surface area (Å²) in [5.41, 5.74) is 1.69. The molecule has 7 heteroatoms. The molecule has 1 fully saturated rings. The van der Waals surface area contributed by atoms with Crippen molar-refractivity contribution in [1.82, 2.24) is 10.2 Å². The molecule has 0 saturated carbocycles. The summed E-state index contributed by atoms with van der Waals surface area (Å²) in [4.78, 5) is 27.2. The highest BCUT2D eigenvalue weighted by Gasteiger charge is 2.20. The number of nitrogens with zero attached hydrogens (tertiary/aromatic N) is 1. The first-order valence-corrected chi connectivity index (χ1v) is 11.7. The molecule has 2 N–H and O–H groups in total. The fourth-order valence-electron chi connectivity index (χ4n) is 3.66. The van der Waals surface area contributed by atoms with E-state index in [1.54, 1.807) is 36.4 Å². The lowest BCUT2D eigenvalue weighted by Crippen LogP contribution is -2.34. The van der Waals surface area contributed by atoms with Crippen molar-refractivity contribution in [1.29, 1.82) is 0 Å². The van der Waals surface area contributed by atoms with Gasteiger partial charge in [0, 0.05) is 24.3 Å². The van der Waals surface area contributed by atoms with Gasteiger partial charge in [-0.05, 0) is 61.8 Å². The van der Waals surface area contributed by atoms with Crippen molar-refractivity contribution in [3.63, 3.8) is 0 Å². The van der Waals surface area contributed by atoms with Gasteiger partial charge in [0.15, 0.2) is 5.11 Å². The summed E-state index contributed by atoms with van der Waals surface area (Å²) < 4.78 is 5.83. The molecule has 1 aliphatic rings. The Bertz CT molecular complexity index is 942. The standard InChI is InChI=1S/C25H31N3O3S/c1-2-3-4-9-17-31-22-14-6-5-13-21(22)23(29)27-25(32)26-20-12-10-11-19(18-20)24(30)28-15-7-8-16-28/h5-6,10-14,18H,2-4,7-9,15-17H2,1H3,(H2,26,27,29,32). The molecule has 0 bridgehead atoms. The number of hydrogen-bond donors (Lipinski definition) is 2. The zero-order chi connectivity index (χ0) is 22.8. The lowest BCUT2D eigenvalue weighted by molar-refractivity contribution is 0.0792. The van der Waals surface area contributed by atoms with Gasteiger partial charge in [-0.25, -0.2) is 0 Å². The van der Waals surface area contributed by atoms with Crippen molar-refractivity contribution < 1.29 is 14.3 Å². The predicted molar refractivity (Wildman–Crippen MR) is 131 cm³/mol. The Kier molecular flexibility index (Phi) is 9.04. The summed E-state index contributed by atoms with van der Waals surface area (Å²) in [6.45, 7) is 4.33. The van der Waals surface area contributed by atoms with E-state index in [1.807, 2.05) is 17.0 Å². The van der Waals surface area contributed by atoms with Crippen LogP contribution in [0.25, 0.3) is 0 Å². The van der Waals surface area contributed by atoms with E-state index in [-0.39, 0.29) is 16.9 Å². The maximum absolute atomic E-state index is 12.8. The second kappa shape index (κ2) is 12.2. The van der Waals surface area contributed by atoms with E-state index in [1.165, 1.54) is 12.8 Å². The number of carbonyl (C=O) groups excluding carboxylic acids is 2. The Morgan fingerprint density at radius 3 is 2.59 bits per heavy atom. The zero-order valence-electron chi connectivity index (χ0n) is 18.6. The molecule has 1 aliphatic heterocycles. The van der Waals surface area contributed by atoms with Crippen molar-refractivity contribution in [3.05, 3.63) is 59.7 Å². The number of ether oxygens (including phenoxy) is 1. The van der Waals surface area contributed by atoms with Crippen LogP contribution in [0, 0.1) is 0 Å².